The van der Waals surface area contributed by atoms with E-state index in [4.69, 9.17) is 0 Å². The molecule has 0 aliphatic rings. The standard InChI is InChI=1S/C17H18N4OS/c1-11(2)13-5-7-14(8-6-13)17-18-20-21(19-17)10-15(22)16-9-4-12(3)23-16/h4-9,11H,10H2,1-3H3. The van der Waals surface area contributed by atoms with E-state index in [0.717, 1.165) is 15.3 Å². The first-order valence-corrected chi connectivity index (χ1v) is 8.32. The third kappa shape index (κ3) is 3.53. The lowest BCUT2D eigenvalue weighted by Crippen LogP contribution is -2.12. The number of Topliss-reactive ketones (excluding diaryl/α,β-unsaturated/α-hetero) is 1. The van der Waals surface area contributed by atoms with E-state index in [1.807, 2.05) is 31.2 Å². The molecule has 3 aromatic rings. The SMILES string of the molecule is Cc1ccc(C(=O)Cn2nnc(-c3ccc(C(C)C)cc3)n2)s1. The Labute approximate surface area is 139 Å². The average molecular weight is 326 g/mol. The number of aromatic nitrogens is 4. The highest BCUT2D eigenvalue weighted by Crippen LogP contribution is 2.20. The molecule has 2 aromatic heterocycles. The Hall–Kier alpha value is -2.34. The van der Waals surface area contributed by atoms with Crippen molar-refractivity contribution in [3.05, 3.63) is 51.7 Å². The monoisotopic (exact) mass is 326 g/mol. The fraction of sp³-hybridized carbons (Fsp3) is 0.294. The summed E-state index contributed by atoms with van der Waals surface area (Å²) in [4.78, 5) is 15.4. The Balaban J connectivity index is 1.74. The summed E-state index contributed by atoms with van der Waals surface area (Å²) < 4.78 is 0. The van der Waals surface area contributed by atoms with Gasteiger partial charge in [0.15, 0.2) is 5.78 Å². The topological polar surface area (TPSA) is 60.7 Å². The fourth-order valence-corrected chi connectivity index (χ4v) is 3.03. The predicted octanol–water partition coefficient (Wildman–Crippen LogP) is 3.72. The lowest BCUT2D eigenvalue weighted by atomic mass is 10.0. The van der Waals surface area contributed by atoms with Crippen LogP contribution in [0.5, 0.6) is 0 Å². The van der Waals surface area contributed by atoms with Crippen molar-refractivity contribution in [1.82, 2.24) is 20.2 Å². The van der Waals surface area contributed by atoms with Crippen LogP contribution in [0.15, 0.2) is 36.4 Å². The third-order valence-electron chi connectivity index (χ3n) is 3.59. The molecule has 0 spiro atoms. The van der Waals surface area contributed by atoms with Gasteiger partial charge >= 0.3 is 0 Å². The molecule has 6 heteroatoms. The average Bonchev–Trinajstić information content (AvgIpc) is 3.16. The van der Waals surface area contributed by atoms with Gasteiger partial charge in [-0.05, 0) is 35.8 Å². The second kappa shape index (κ2) is 6.42. The normalized spacial score (nSPS) is 11.1. The van der Waals surface area contributed by atoms with Gasteiger partial charge in [0.2, 0.25) is 5.82 Å². The van der Waals surface area contributed by atoms with Gasteiger partial charge in [-0.2, -0.15) is 4.80 Å². The highest BCUT2D eigenvalue weighted by molar-refractivity contribution is 7.14. The van der Waals surface area contributed by atoms with Crippen molar-refractivity contribution in [2.75, 3.05) is 0 Å². The molecule has 0 radical (unpaired) electrons. The van der Waals surface area contributed by atoms with E-state index < -0.39 is 0 Å². The summed E-state index contributed by atoms with van der Waals surface area (Å²) in [6, 6.07) is 11.9. The highest BCUT2D eigenvalue weighted by atomic mass is 32.1. The van der Waals surface area contributed by atoms with Crippen molar-refractivity contribution in [3.8, 4) is 11.4 Å². The molecule has 5 nitrogen and oxygen atoms in total. The Morgan fingerprint density at radius 3 is 2.52 bits per heavy atom. The minimum absolute atomic E-state index is 0.00204. The fourth-order valence-electron chi connectivity index (χ4n) is 2.23. The molecular formula is C17H18N4OS. The molecule has 1 aromatic carbocycles. The number of hydrogen-bond acceptors (Lipinski definition) is 5. The molecule has 0 atom stereocenters. The molecule has 23 heavy (non-hydrogen) atoms. The number of carbonyl (C=O) groups excluding carboxylic acids is 1. The van der Waals surface area contributed by atoms with Crippen molar-refractivity contribution < 1.29 is 4.79 Å². The van der Waals surface area contributed by atoms with E-state index in [9.17, 15) is 4.79 Å². The minimum Gasteiger partial charge on any atom is -0.291 e. The van der Waals surface area contributed by atoms with Crippen molar-refractivity contribution >= 4 is 17.1 Å². The third-order valence-corrected chi connectivity index (χ3v) is 4.63. The number of tetrazole rings is 1. The van der Waals surface area contributed by atoms with Crippen LogP contribution in [0.4, 0.5) is 0 Å². The summed E-state index contributed by atoms with van der Waals surface area (Å²) in [5.41, 5.74) is 2.17. The first-order valence-electron chi connectivity index (χ1n) is 7.50. The molecule has 0 saturated carbocycles. The molecule has 0 aliphatic heterocycles. The van der Waals surface area contributed by atoms with E-state index in [1.54, 1.807) is 0 Å². The largest absolute Gasteiger partial charge is 0.291 e. The zero-order chi connectivity index (χ0) is 16.4. The molecule has 0 N–H and O–H groups in total. The quantitative estimate of drug-likeness (QED) is 0.671. The van der Waals surface area contributed by atoms with Gasteiger partial charge in [0, 0.05) is 10.4 Å². The van der Waals surface area contributed by atoms with Crippen LogP contribution in [-0.4, -0.2) is 26.0 Å². The Morgan fingerprint density at radius 2 is 1.91 bits per heavy atom. The molecule has 2 heterocycles. The summed E-state index contributed by atoms with van der Waals surface area (Å²) in [5, 5.41) is 12.3. The number of thiophene rings is 1. The van der Waals surface area contributed by atoms with Gasteiger partial charge in [0.05, 0.1) is 4.88 Å². The second-order valence-corrected chi connectivity index (χ2v) is 7.04. The minimum atomic E-state index is 0.00204. The van der Waals surface area contributed by atoms with Crippen LogP contribution in [-0.2, 0) is 6.54 Å². The van der Waals surface area contributed by atoms with Gasteiger partial charge in [0.1, 0.15) is 6.54 Å². The smallest absolute Gasteiger partial charge is 0.204 e. The lowest BCUT2D eigenvalue weighted by Gasteiger charge is -2.04. The molecule has 118 valence electrons. The van der Waals surface area contributed by atoms with Gasteiger partial charge in [-0.25, -0.2) is 0 Å². The molecule has 0 bridgehead atoms. The highest BCUT2D eigenvalue weighted by Gasteiger charge is 2.12. The maximum atomic E-state index is 12.2. The van der Waals surface area contributed by atoms with Crippen LogP contribution in [0.25, 0.3) is 11.4 Å². The summed E-state index contributed by atoms with van der Waals surface area (Å²) in [6.45, 7) is 6.40. The molecule has 0 unspecified atom stereocenters. The summed E-state index contributed by atoms with van der Waals surface area (Å²) in [5.74, 6) is 1.03. The summed E-state index contributed by atoms with van der Waals surface area (Å²) in [6.07, 6.45) is 0. The number of rotatable bonds is 5. The van der Waals surface area contributed by atoms with E-state index >= 15 is 0 Å². The van der Waals surface area contributed by atoms with Gasteiger partial charge in [-0.15, -0.1) is 21.5 Å². The van der Waals surface area contributed by atoms with Crippen molar-refractivity contribution in [1.29, 1.82) is 0 Å². The lowest BCUT2D eigenvalue weighted by molar-refractivity contribution is 0.0965. The van der Waals surface area contributed by atoms with Gasteiger partial charge in [-0.1, -0.05) is 38.1 Å². The first kappa shape index (κ1) is 15.6. The predicted molar refractivity (Wildman–Crippen MR) is 90.7 cm³/mol. The van der Waals surface area contributed by atoms with E-state index in [2.05, 4.69) is 41.4 Å². The van der Waals surface area contributed by atoms with E-state index in [-0.39, 0.29) is 12.3 Å². The number of nitrogens with zero attached hydrogens (tertiary/aromatic N) is 4. The molecule has 0 fully saturated rings. The van der Waals surface area contributed by atoms with Crippen molar-refractivity contribution in [2.24, 2.45) is 0 Å². The maximum absolute atomic E-state index is 12.2. The molecule has 0 amide bonds. The maximum Gasteiger partial charge on any atom is 0.204 e. The Kier molecular flexibility index (Phi) is 4.34. The van der Waals surface area contributed by atoms with Crippen LogP contribution in [0, 0.1) is 6.92 Å². The van der Waals surface area contributed by atoms with Crippen LogP contribution in [0.1, 0.15) is 39.9 Å². The zero-order valence-corrected chi connectivity index (χ0v) is 14.2. The number of benzene rings is 1. The number of aryl methyl sites for hydroxylation is 1. The van der Waals surface area contributed by atoms with Gasteiger partial charge < -0.3 is 0 Å². The van der Waals surface area contributed by atoms with Crippen molar-refractivity contribution in [2.45, 2.75) is 33.2 Å². The summed E-state index contributed by atoms with van der Waals surface area (Å²) in [7, 11) is 0. The Morgan fingerprint density at radius 1 is 1.17 bits per heavy atom. The van der Waals surface area contributed by atoms with Crippen LogP contribution < -0.4 is 0 Å². The molecular weight excluding hydrogens is 308 g/mol. The van der Waals surface area contributed by atoms with Gasteiger partial charge in [-0.3, -0.25) is 4.79 Å². The number of ketones is 1. The van der Waals surface area contributed by atoms with Crippen LogP contribution in [0.3, 0.4) is 0 Å². The van der Waals surface area contributed by atoms with E-state index in [0.29, 0.717) is 11.7 Å². The van der Waals surface area contributed by atoms with Crippen LogP contribution >= 0.6 is 11.3 Å². The van der Waals surface area contributed by atoms with E-state index in [1.165, 1.54) is 21.7 Å². The first-order chi connectivity index (χ1) is 11.0. The van der Waals surface area contributed by atoms with Crippen molar-refractivity contribution in [3.63, 3.8) is 0 Å². The molecule has 3 rings (SSSR count). The van der Waals surface area contributed by atoms with Crippen LogP contribution in [0.2, 0.25) is 0 Å². The Bertz CT molecular complexity index is 817. The second-order valence-electron chi connectivity index (χ2n) is 5.75. The number of hydrogen-bond donors (Lipinski definition) is 0. The molecule has 0 aliphatic carbocycles. The van der Waals surface area contributed by atoms with Gasteiger partial charge in [0.25, 0.3) is 0 Å². The summed E-state index contributed by atoms with van der Waals surface area (Å²) >= 11 is 1.48. The number of carbonyl (C=O) groups is 1. The molecule has 0 saturated heterocycles. The zero-order valence-electron chi connectivity index (χ0n) is 13.4.